The smallest absolute Gasteiger partial charge is 0.452 e. The van der Waals surface area contributed by atoms with Gasteiger partial charge in [0.25, 0.3) is 0 Å². The molecule has 1 atom stereocenters. The number of nitrogens with zero attached hydrogens (tertiary/aromatic N) is 4. The van der Waals surface area contributed by atoms with Crippen LogP contribution in [0.5, 0.6) is 5.75 Å². The number of aryl methyl sites for hydroxylation is 2. The van der Waals surface area contributed by atoms with Gasteiger partial charge in [0.1, 0.15) is 16.7 Å². The number of halogens is 3. The first-order chi connectivity index (χ1) is 18.1. The number of pyridine rings is 1. The minimum atomic E-state index is -4.58. The fourth-order valence-corrected chi connectivity index (χ4v) is 6.34. The average Bonchev–Trinajstić information content (AvgIpc) is 3.26. The van der Waals surface area contributed by atoms with Crippen LogP contribution in [0.4, 0.5) is 13.2 Å². The molecule has 2 aliphatic heterocycles. The summed E-state index contributed by atoms with van der Waals surface area (Å²) >= 11 is 0. The van der Waals surface area contributed by atoms with Crippen molar-refractivity contribution in [3.63, 3.8) is 0 Å². The van der Waals surface area contributed by atoms with Gasteiger partial charge in [-0.15, -0.1) is 10.2 Å². The van der Waals surface area contributed by atoms with Crippen molar-refractivity contribution in [2.24, 2.45) is 0 Å². The first kappa shape index (κ1) is 25.0. The van der Waals surface area contributed by atoms with Gasteiger partial charge in [0, 0.05) is 12.7 Å². The standard InChI is InChI=1S/C27H25F3N4O3S/c1-17-7-8-19(11-20-9-10-34-24(18(20)2)31-32-25(34)27(28,29)30)12-21(17)13-33-14-26(15-36-16-26)37-22-5-3-4-6-23(22)38(33)35/h3-10,12H,11,13-16H2,1-2H3. The molecule has 1 fully saturated rings. The number of alkyl halides is 3. The van der Waals surface area contributed by atoms with Crippen LogP contribution in [0, 0.1) is 13.8 Å². The molecular weight excluding hydrogens is 517 g/mol. The Morgan fingerprint density at radius 1 is 1.05 bits per heavy atom. The molecule has 4 aromatic rings. The van der Waals surface area contributed by atoms with Gasteiger partial charge in [-0.25, -0.2) is 8.51 Å². The SMILES string of the molecule is Cc1ccc(Cc2ccn3c(C(F)(F)F)nnc3c2C)cc1CN1CC2(COC2)Oc2ccccc2S1=O. The quantitative estimate of drug-likeness (QED) is 0.376. The largest absolute Gasteiger partial charge is 0.480 e. The lowest BCUT2D eigenvalue weighted by atomic mass is 9.97. The molecule has 1 saturated heterocycles. The van der Waals surface area contributed by atoms with Gasteiger partial charge in [-0.2, -0.15) is 13.2 Å². The summed E-state index contributed by atoms with van der Waals surface area (Å²) in [6.07, 6.45) is -2.70. The monoisotopic (exact) mass is 542 g/mol. The zero-order chi connectivity index (χ0) is 26.7. The number of hydrogen-bond donors (Lipinski definition) is 0. The van der Waals surface area contributed by atoms with E-state index in [-0.39, 0.29) is 5.65 Å². The number of rotatable bonds is 4. The third kappa shape index (κ3) is 4.38. The van der Waals surface area contributed by atoms with E-state index in [2.05, 4.69) is 16.3 Å². The van der Waals surface area contributed by atoms with Gasteiger partial charge in [0.2, 0.25) is 5.82 Å². The van der Waals surface area contributed by atoms with Crippen LogP contribution < -0.4 is 4.74 Å². The molecule has 7 nitrogen and oxygen atoms in total. The van der Waals surface area contributed by atoms with E-state index in [1.54, 1.807) is 13.0 Å². The Kier molecular flexibility index (Phi) is 6.04. The molecular formula is C27H25F3N4O3S. The molecule has 4 heterocycles. The summed E-state index contributed by atoms with van der Waals surface area (Å²) in [6, 6.07) is 15.2. The average molecular weight is 543 g/mol. The molecule has 6 rings (SSSR count). The third-order valence-corrected chi connectivity index (χ3v) is 8.58. The molecule has 0 N–H and O–H groups in total. The molecule has 1 unspecified atom stereocenters. The third-order valence-electron chi connectivity index (χ3n) is 7.14. The Morgan fingerprint density at radius 3 is 2.58 bits per heavy atom. The molecule has 11 heteroatoms. The van der Waals surface area contributed by atoms with Crippen molar-refractivity contribution in [3.8, 4) is 5.75 Å². The molecule has 38 heavy (non-hydrogen) atoms. The van der Waals surface area contributed by atoms with Crippen LogP contribution in [0.25, 0.3) is 5.65 Å². The van der Waals surface area contributed by atoms with E-state index in [0.29, 0.717) is 48.9 Å². The Morgan fingerprint density at radius 2 is 1.84 bits per heavy atom. The van der Waals surface area contributed by atoms with Crippen LogP contribution in [0.1, 0.15) is 33.6 Å². The Labute approximate surface area is 219 Å². The lowest BCUT2D eigenvalue weighted by Gasteiger charge is -2.41. The summed E-state index contributed by atoms with van der Waals surface area (Å²) in [5.41, 5.74) is 4.23. The zero-order valence-electron chi connectivity index (χ0n) is 20.8. The lowest BCUT2D eigenvalue weighted by Crippen LogP contribution is -2.60. The molecule has 0 aliphatic carbocycles. The number of ether oxygens (including phenoxy) is 2. The topological polar surface area (TPSA) is 69.0 Å². The summed E-state index contributed by atoms with van der Waals surface area (Å²) in [4.78, 5) is 0.639. The second-order valence-corrected chi connectivity index (χ2v) is 11.3. The van der Waals surface area contributed by atoms with Gasteiger partial charge in [-0.1, -0.05) is 30.3 Å². The number of benzene rings is 2. The maximum Gasteiger partial charge on any atom is 0.452 e. The van der Waals surface area contributed by atoms with Crippen LogP contribution in [0.3, 0.4) is 0 Å². The highest BCUT2D eigenvalue weighted by molar-refractivity contribution is 7.82. The van der Waals surface area contributed by atoms with E-state index in [0.717, 1.165) is 26.7 Å². The minimum absolute atomic E-state index is 0.189. The number of fused-ring (bicyclic) bond motifs is 2. The maximum atomic E-state index is 13.6. The van der Waals surface area contributed by atoms with Crippen molar-refractivity contribution in [2.45, 2.75) is 43.5 Å². The molecule has 2 aliphatic rings. The highest BCUT2D eigenvalue weighted by Crippen LogP contribution is 2.36. The molecule has 0 saturated carbocycles. The Bertz CT molecular complexity index is 1570. The first-order valence-corrected chi connectivity index (χ1v) is 13.3. The predicted molar refractivity (Wildman–Crippen MR) is 134 cm³/mol. The van der Waals surface area contributed by atoms with Gasteiger partial charge in [0.05, 0.1) is 24.7 Å². The summed E-state index contributed by atoms with van der Waals surface area (Å²) in [5, 5.41) is 7.14. The minimum Gasteiger partial charge on any atom is -0.480 e. The van der Waals surface area contributed by atoms with Crippen LogP contribution in [-0.2, 0) is 34.9 Å². The van der Waals surface area contributed by atoms with Crippen LogP contribution >= 0.6 is 0 Å². The molecule has 0 amide bonds. The first-order valence-electron chi connectivity index (χ1n) is 12.1. The van der Waals surface area contributed by atoms with E-state index in [4.69, 9.17) is 9.47 Å². The second kappa shape index (κ2) is 9.18. The highest BCUT2D eigenvalue weighted by atomic mass is 32.2. The van der Waals surface area contributed by atoms with Crippen LogP contribution in [0.15, 0.2) is 59.6 Å². The molecule has 2 aromatic heterocycles. The van der Waals surface area contributed by atoms with Crippen molar-refractivity contribution < 1.29 is 26.9 Å². The van der Waals surface area contributed by atoms with Gasteiger partial charge in [0.15, 0.2) is 11.2 Å². The van der Waals surface area contributed by atoms with Gasteiger partial charge < -0.3 is 9.47 Å². The zero-order valence-corrected chi connectivity index (χ0v) is 21.6. The number of hydrogen-bond acceptors (Lipinski definition) is 5. The molecule has 0 bridgehead atoms. The predicted octanol–water partition coefficient (Wildman–Crippen LogP) is 4.64. The Hall–Kier alpha value is -3.28. The molecule has 2 aromatic carbocycles. The van der Waals surface area contributed by atoms with Crippen molar-refractivity contribution >= 4 is 16.6 Å². The van der Waals surface area contributed by atoms with Crippen molar-refractivity contribution in [3.05, 3.63) is 88.4 Å². The van der Waals surface area contributed by atoms with Crippen LogP contribution in [0.2, 0.25) is 0 Å². The summed E-state index contributed by atoms with van der Waals surface area (Å²) in [7, 11) is -1.42. The van der Waals surface area contributed by atoms with Gasteiger partial charge in [-0.05, 0) is 66.3 Å². The van der Waals surface area contributed by atoms with Crippen molar-refractivity contribution in [1.82, 2.24) is 18.9 Å². The second-order valence-electron chi connectivity index (χ2n) is 9.89. The molecule has 0 radical (unpaired) electrons. The van der Waals surface area contributed by atoms with Gasteiger partial charge >= 0.3 is 6.18 Å². The normalized spacial score (nSPS) is 19.1. The van der Waals surface area contributed by atoms with E-state index in [9.17, 15) is 17.4 Å². The molecule has 1 spiro atoms. The Balaban J connectivity index is 1.29. The van der Waals surface area contributed by atoms with E-state index >= 15 is 0 Å². The maximum absolute atomic E-state index is 13.6. The fraction of sp³-hybridized carbons (Fsp3) is 0.333. The van der Waals surface area contributed by atoms with Crippen molar-refractivity contribution in [2.75, 3.05) is 19.8 Å². The highest BCUT2D eigenvalue weighted by Gasteiger charge is 2.46. The summed E-state index contributed by atoms with van der Waals surface area (Å²) in [6.45, 7) is 5.55. The summed E-state index contributed by atoms with van der Waals surface area (Å²) < 4.78 is 68.0. The van der Waals surface area contributed by atoms with E-state index < -0.39 is 28.6 Å². The summed E-state index contributed by atoms with van der Waals surface area (Å²) in [5.74, 6) is -0.416. The van der Waals surface area contributed by atoms with Gasteiger partial charge in [-0.3, -0.25) is 4.40 Å². The van der Waals surface area contributed by atoms with Crippen molar-refractivity contribution in [1.29, 1.82) is 0 Å². The van der Waals surface area contributed by atoms with E-state index in [1.165, 1.54) is 6.20 Å². The fourth-order valence-electron chi connectivity index (χ4n) is 4.98. The van der Waals surface area contributed by atoms with Crippen LogP contribution in [-0.4, -0.2) is 48.5 Å². The van der Waals surface area contributed by atoms with E-state index in [1.807, 2.05) is 47.6 Å². The molecule has 198 valence electrons. The number of para-hydroxylation sites is 1. The number of aromatic nitrogens is 3. The lowest BCUT2D eigenvalue weighted by molar-refractivity contribution is -0.165.